The van der Waals surface area contributed by atoms with E-state index in [-0.39, 0.29) is 11.9 Å². The molecule has 1 aliphatic rings. The molecule has 2 rings (SSSR count). The fraction of sp³-hybridized carbons (Fsp3) is 0.667. The minimum atomic E-state index is -4.40. The molecule has 2 heterocycles. The highest BCUT2D eigenvalue weighted by atomic mass is 19.4. The number of alkyl halides is 3. The highest BCUT2D eigenvalue weighted by Crippen LogP contribution is 2.28. The van der Waals surface area contributed by atoms with E-state index in [1.165, 1.54) is 6.07 Å². The van der Waals surface area contributed by atoms with Crippen LogP contribution >= 0.6 is 0 Å². The van der Waals surface area contributed by atoms with Gasteiger partial charge in [-0.3, -0.25) is 0 Å². The van der Waals surface area contributed by atoms with Crippen LogP contribution in [0.15, 0.2) is 18.2 Å². The van der Waals surface area contributed by atoms with Gasteiger partial charge in [0.15, 0.2) is 0 Å². The van der Waals surface area contributed by atoms with Crippen molar-refractivity contribution in [3.63, 3.8) is 0 Å². The molecule has 0 spiro atoms. The van der Waals surface area contributed by atoms with E-state index in [0.29, 0.717) is 0 Å². The van der Waals surface area contributed by atoms with E-state index in [9.17, 15) is 13.2 Å². The predicted molar refractivity (Wildman–Crippen MR) is 80.9 cm³/mol. The first-order valence-electron chi connectivity index (χ1n) is 7.56. The Hall–Kier alpha value is -1.34. The molecule has 1 fully saturated rings. The van der Waals surface area contributed by atoms with Gasteiger partial charge >= 0.3 is 6.18 Å². The molecule has 22 heavy (non-hydrogen) atoms. The molecule has 0 saturated carbocycles. The van der Waals surface area contributed by atoms with E-state index in [1.807, 2.05) is 6.92 Å². The van der Waals surface area contributed by atoms with E-state index in [1.54, 1.807) is 6.07 Å². The second kappa shape index (κ2) is 7.28. The van der Waals surface area contributed by atoms with Crippen LogP contribution in [0.4, 0.5) is 19.0 Å². The molecule has 7 heteroatoms. The van der Waals surface area contributed by atoms with Crippen molar-refractivity contribution in [3.8, 4) is 0 Å². The number of aromatic nitrogens is 1. The van der Waals surface area contributed by atoms with Crippen LogP contribution in [0.1, 0.15) is 19.0 Å². The topological polar surface area (TPSA) is 31.4 Å². The zero-order valence-corrected chi connectivity index (χ0v) is 13.0. The van der Waals surface area contributed by atoms with Crippen molar-refractivity contribution >= 4 is 5.82 Å². The molecule has 124 valence electrons. The first-order valence-corrected chi connectivity index (χ1v) is 7.56. The first-order chi connectivity index (χ1) is 10.3. The lowest BCUT2D eigenvalue weighted by Crippen LogP contribution is -2.45. The van der Waals surface area contributed by atoms with Gasteiger partial charge in [-0.25, -0.2) is 4.98 Å². The number of nitrogens with one attached hydrogen (secondary N) is 1. The van der Waals surface area contributed by atoms with Gasteiger partial charge in [0.25, 0.3) is 0 Å². The van der Waals surface area contributed by atoms with Gasteiger partial charge in [0.2, 0.25) is 0 Å². The summed E-state index contributed by atoms with van der Waals surface area (Å²) in [6.45, 7) is 7.14. The summed E-state index contributed by atoms with van der Waals surface area (Å²) in [6, 6.07) is 4.02. The van der Waals surface area contributed by atoms with Crippen molar-refractivity contribution in [2.75, 3.05) is 45.1 Å². The maximum atomic E-state index is 12.6. The number of hydrogen-bond donors (Lipinski definition) is 1. The molecule has 1 saturated heterocycles. The Morgan fingerprint density at radius 1 is 1.23 bits per heavy atom. The first kappa shape index (κ1) is 17.0. The average molecular weight is 316 g/mol. The molecule has 1 N–H and O–H groups in total. The molecule has 0 aliphatic carbocycles. The van der Waals surface area contributed by atoms with Crippen LogP contribution in [0, 0.1) is 0 Å². The molecule has 1 aromatic rings. The number of nitrogens with zero attached hydrogens (tertiary/aromatic N) is 3. The smallest absolute Gasteiger partial charge is 0.368 e. The summed E-state index contributed by atoms with van der Waals surface area (Å²) in [7, 11) is 2.11. The number of halogens is 3. The van der Waals surface area contributed by atoms with E-state index >= 15 is 0 Å². The van der Waals surface area contributed by atoms with Crippen LogP contribution < -0.4 is 5.32 Å². The monoisotopic (exact) mass is 316 g/mol. The van der Waals surface area contributed by atoms with Crippen molar-refractivity contribution in [2.24, 2.45) is 0 Å². The van der Waals surface area contributed by atoms with Gasteiger partial charge in [-0.15, -0.1) is 0 Å². The van der Waals surface area contributed by atoms with Gasteiger partial charge in [0.05, 0.1) is 0 Å². The minimum absolute atomic E-state index is 0.0793. The Bertz CT molecular complexity index is 470. The number of likely N-dealkylation sites (N-methyl/N-ethyl adjacent to an activating group) is 1. The summed E-state index contributed by atoms with van der Waals surface area (Å²) in [5.74, 6) is 0.278. The Balaban J connectivity index is 1.80. The second-order valence-corrected chi connectivity index (χ2v) is 5.88. The maximum absolute atomic E-state index is 12.6. The third-order valence-corrected chi connectivity index (χ3v) is 3.91. The summed E-state index contributed by atoms with van der Waals surface area (Å²) < 4.78 is 37.9. The van der Waals surface area contributed by atoms with E-state index in [0.717, 1.165) is 45.2 Å². The lowest BCUT2D eigenvalue weighted by atomic mass is 10.2. The molecule has 1 atom stereocenters. The highest BCUT2D eigenvalue weighted by Gasteiger charge is 2.32. The van der Waals surface area contributed by atoms with Crippen molar-refractivity contribution in [1.82, 2.24) is 14.8 Å². The molecule has 4 nitrogen and oxygen atoms in total. The summed E-state index contributed by atoms with van der Waals surface area (Å²) in [6.07, 6.45) is -3.53. The van der Waals surface area contributed by atoms with Crippen LogP contribution in [0.5, 0.6) is 0 Å². The van der Waals surface area contributed by atoms with Crippen molar-refractivity contribution < 1.29 is 13.2 Å². The number of piperazine rings is 1. The van der Waals surface area contributed by atoms with E-state index in [2.05, 4.69) is 27.1 Å². The molecule has 0 unspecified atom stereocenters. The van der Waals surface area contributed by atoms with Crippen LogP contribution in [-0.2, 0) is 6.18 Å². The lowest BCUT2D eigenvalue weighted by Gasteiger charge is -2.33. The Labute approximate surface area is 129 Å². The normalized spacial score (nSPS) is 19.1. The standard InChI is InChI=1S/C15H23F3N4/c1-12(6-7-22-10-8-21(2)9-11-22)19-14-5-3-4-13(20-14)15(16,17)18/h3-5,12H,6-11H2,1-2H3,(H,19,20)/t12-/m0/s1. The quantitative estimate of drug-likeness (QED) is 0.904. The van der Waals surface area contributed by atoms with Gasteiger partial charge in [-0.05, 0) is 32.5 Å². The SMILES string of the molecule is C[C@@H](CCN1CCN(C)CC1)Nc1cccc(C(F)(F)F)n1. The Morgan fingerprint density at radius 3 is 2.55 bits per heavy atom. The van der Waals surface area contributed by atoms with Gasteiger partial charge in [0, 0.05) is 38.8 Å². The molecule has 0 aromatic carbocycles. The van der Waals surface area contributed by atoms with Crippen LogP contribution in [0.25, 0.3) is 0 Å². The third-order valence-electron chi connectivity index (χ3n) is 3.91. The second-order valence-electron chi connectivity index (χ2n) is 5.88. The summed E-state index contributed by atoms with van der Waals surface area (Å²) in [5.41, 5.74) is -0.858. The minimum Gasteiger partial charge on any atom is -0.368 e. The van der Waals surface area contributed by atoms with Gasteiger partial charge in [0.1, 0.15) is 11.5 Å². The lowest BCUT2D eigenvalue weighted by molar-refractivity contribution is -0.141. The van der Waals surface area contributed by atoms with Crippen molar-refractivity contribution in [2.45, 2.75) is 25.6 Å². The Morgan fingerprint density at radius 2 is 1.91 bits per heavy atom. The maximum Gasteiger partial charge on any atom is 0.433 e. The predicted octanol–water partition coefficient (Wildman–Crippen LogP) is 2.54. The summed E-state index contributed by atoms with van der Waals surface area (Å²) in [5, 5.41) is 3.05. The van der Waals surface area contributed by atoms with Crippen molar-refractivity contribution in [1.29, 1.82) is 0 Å². The molecule has 1 aromatic heterocycles. The van der Waals surface area contributed by atoms with Crippen LogP contribution in [0.3, 0.4) is 0 Å². The fourth-order valence-corrected chi connectivity index (χ4v) is 2.45. The number of anilines is 1. The fourth-order valence-electron chi connectivity index (χ4n) is 2.45. The molecule has 0 radical (unpaired) electrons. The molecular formula is C15H23F3N4. The zero-order chi connectivity index (χ0) is 16.2. The molecule has 0 amide bonds. The van der Waals surface area contributed by atoms with Crippen LogP contribution in [0.2, 0.25) is 0 Å². The molecular weight excluding hydrogens is 293 g/mol. The largest absolute Gasteiger partial charge is 0.433 e. The highest BCUT2D eigenvalue weighted by molar-refractivity contribution is 5.36. The summed E-state index contributed by atoms with van der Waals surface area (Å²) in [4.78, 5) is 8.32. The van der Waals surface area contributed by atoms with Gasteiger partial charge < -0.3 is 15.1 Å². The zero-order valence-electron chi connectivity index (χ0n) is 13.0. The average Bonchev–Trinajstić information content (AvgIpc) is 2.46. The van der Waals surface area contributed by atoms with Gasteiger partial charge in [-0.2, -0.15) is 13.2 Å². The van der Waals surface area contributed by atoms with E-state index < -0.39 is 11.9 Å². The van der Waals surface area contributed by atoms with E-state index in [4.69, 9.17) is 0 Å². The van der Waals surface area contributed by atoms with Gasteiger partial charge in [-0.1, -0.05) is 6.07 Å². The number of hydrogen-bond acceptors (Lipinski definition) is 4. The number of pyridine rings is 1. The summed E-state index contributed by atoms with van der Waals surface area (Å²) >= 11 is 0. The Kier molecular flexibility index (Phi) is 5.63. The third kappa shape index (κ3) is 5.14. The molecule has 1 aliphatic heterocycles. The van der Waals surface area contributed by atoms with Crippen molar-refractivity contribution in [3.05, 3.63) is 23.9 Å². The van der Waals surface area contributed by atoms with Crippen LogP contribution in [-0.4, -0.2) is 60.6 Å². The molecule has 0 bridgehead atoms. The number of rotatable bonds is 5.